The number of nitrogens with two attached hydrogens (primary N) is 1. The third kappa shape index (κ3) is 3.28. The molecule has 110 valence electrons. The molecule has 0 saturated carbocycles. The Kier molecular flexibility index (Phi) is 3.96. The van der Waals surface area contributed by atoms with Crippen LogP contribution in [-0.2, 0) is 11.3 Å². The smallest absolute Gasteiger partial charge is 0.247 e. The second kappa shape index (κ2) is 6.05. The molecule has 2 heterocycles. The molecule has 0 unspecified atom stereocenters. The Bertz CT molecular complexity index is 611. The Hall–Kier alpha value is -2.21. The summed E-state index contributed by atoms with van der Waals surface area (Å²) in [6.45, 7) is 2.15. The van der Waals surface area contributed by atoms with Gasteiger partial charge in [-0.05, 0) is 31.5 Å². The monoisotopic (exact) mass is 286 g/mol. The molecular weight excluding hydrogens is 268 g/mol. The molecular formula is C15H18N4O2. The summed E-state index contributed by atoms with van der Waals surface area (Å²) in [7, 11) is 0. The van der Waals surface area contributed by atoms with E-state index in [0.29, 0.717) is 24.9 Å². The fourth-order valence-corrected chi connectivity index (χ4v) is 2.64. The van der Waals surface area contributed by atoms with E-state index in [9.17, 15) is 4.79 Å². The number of carbonyl (C=O) groups is 1. The zero-order chi connectivity index (χ0) is 14.7. The van der Waals surface area contributed by atoms with Gasteiger partial charge in [-0.25, -0.2) is 0 Å². The van der Waals surface area contributed by atoms with Crippen molar-refractivity contribution < 1.29 is 9.21 Å². The van der Waals surface area contributed by atoms with Crippen molar-refractivity contribution in [2.75, 3.05) is 13.1 Å². The van der Waals surface area contributed by atoms with Crippen molar-refractivity contribution in [3.63, 3.8) is 0 Å². The number of likely N-dealkylation sites (tertiary alicyclic amines) is 1. The van der Waals surface area contributed by atoms with Gasteiger partial charge in [0.25, 0.3) is 0 Å². The minimum Gasteiger partial charge on any atom is -0.419 e. The molecule has 1 atom stereocenters. The van der Waals surface area contributed by atoms with Crippen molar-refractivity contribution in [2.45, 2.75) is 19.4 Å². The fraction of sp³-hybridized carbons (Fsp3) is 0.400. The summed E-state index contributed by atoms with van der Waals surface area (Å²) in [6, 6.07) is 9.67. The maximum absolute atomic E-state index is 11.3. The molecule has 1 saturated heterocycles. The van der Waals surface area contributed by atoms with E-state index in [2.05, 4.69) is 15.1 Å². The van der Waals surface area contributed by atoms with E-state index >= 15 is 0 Å². The van der Waals surface area contributed by atoms with E-state index < -0.39 is 0 Å². The van der Waals surface area contributed by atoms with Crippen LogP contribution in [0.2, 0.25) is 0 Å². The van der Waals surface area contributed by atoms with Crippen molar-refractivity contribution in [3.8, 4) is 11.5 Å². The van der Waals surface area contributed by atoms with Gasteiger partial charge >= 0.3 is 0 Å². The standard InChI is InChI=1S/C15H18N4O2/c16-14(20)12-7-4-8-19(9-12)10-13-17-18-15(21-13)11-5-2-1-3-6-11/h1-3,5-6,12H,4,7-10H2,(H2,16,20)/t12-/m1/s1. The lowest BCUT2D eigenvalue weighted by atomic mass is 9.97. The second-order valence-electron chi connectivity index (χ2n) is 5.34. The van der Waals surface area contributed by atoms with Gasteiger partial charge in [0, 0.05) is 12.1 Å². The predicted octanol–water partition coefficient (Wildman–Crippen LogP) is 1.43. The van der Waals surface area contributed by atoms with Gasteiger partial charge in [-0.15, -0.1) is 10.2 Å². The molecule has 0 aliphatic carbocycles. The first-order chi connectivity index (χ1) is 10.2. The van der Waals surface area contributed by atoms with E-state index in [1.54, 1.807) is 0 Å². The van der Waals surface area contributed by atoms with E-state index in [1.807, 2.05) is 30.3 Å². The molecule has 21 heavy (non-hydrogen) atoms. The van der Waals surface area contributed by atoms with Crippen LogP contribution in [-0.4, -0.2) is 34.1 Å². The minimum absolute atomic E-state index is 0.0738. The maximum Gasteiger partial charge on any atom is 0.247 e. The number of rotatable bonds is 4. The summed E-state index contributed by atoms with van der Waals surface area (Å²) >= 11 is 0. The molecule has 1 aromatic carbocycles. The lowest BCUT2D eigenvalue weighted by molar-refractivity contribution is -0.123. The van der Waals surface area contributed by atoms with Crippen molar-refractivity contribution >= 4 is 5.91 Å². The number of hydrogen-bond acceptors (Lipinski definition) is 5. The third-order valence-electron chi connectivity index (χ3n) is 3.75. The third-order valence-corrected chi connectivity index (χ3v) is 3.75. The van der Waals surface area contributed by atoms with Crippen molar-refractivity contribution in [1.29, 1.82) is 0 Å². The number of benzene rings is 1. The highest BCUT2D eigenvalue weighted by Gasteiger charge is 2.25. The molecule has 1 aliphatic rings. The molecule has 1 fully saturated rings. The molecule has 0 spiro atoms. The summed E-state index contributed by atoms with van der Waals surface area (Å²) < 4.78 is 5.69. The Morgan fingerprint density at radius 1 is 1.33 bits per heavy atom. The number of nitrogens with zero attached hydrogens (tertiary/aromatic N) is 3. The quantitative estimate of drug-likeness (QED) is 0.919. The van der Waals surface area contributed by atoms with Crippen LogP contribution in [0.1, 0.15) is 18.7 Å². The first kappa shape index (κ1) is 13.8. The summed E-state index contributed by atoms with van der Waals surface area (Å²) in [5, 5.41) is 8.15. The SMILES string of the molecule is NC(=O)[C@@H]1CCCN(Cc2nnc(-c3ccccc3)o2)C1. The molecule has 0 bridgehead atoms. The van der Waals surface area contributed by atoms with Crippen LogP contribution in [0, 0.1) is 5.92 Å². The number of hydrogen-bond donors (Lipinski definition) is 1. The normalized spacial score (nSPS) is 19.5. The average Bonchev–Trinajstić information content (AvgIpc) is 2.97. The van der Waals surface area contributed by atoms with Crippen LogP contribution in [0.5, 0.6) is 0 Å². The van der Waals surface area contributed by atoms with Crippen molar-refractivity contribution in [2.24, 2.45) is 11.7 Å². The van der Waals surface area contributed by atoms with Gasteiger partial charge in [-0.1, -0.05) is 18.2 Å². The van der Waals surface area contributed by atoms with Crippen LogP contribution in [0.25, 0.3) is 11.5 Å². The number of piperidine rings is 1. The molecule has 3 rings (SSSR count). The van der Waals surface area contributed by atoms with Crippen LogP contribution in [0.3, 0.4) is 0 Å². The molecule has 6 nitrogen and oxygen atoms in total. The number of aromatic nitrogens is 2. The lowest BCUT2D eigenvalue weighted by Gasteiger charge is -2.29. The predicted molar refractivity (Wildman–Crippen MR) is 76.9 cm³/mol. The van der Waals surface area contributed by atoms with E-state index in [0.717, 1.165) is 24.9 Å². The van der Waals surface area contributed by atoms with E-state index in [4.69, 9.17) is 10.2 Å². The van der Waals surface area contributed by atoms with Crippen LogP contribution in [0.4, 0.5) is 0 Å². The second-order valence-corrected chi connectivity index (χ2v) is 5.34. The van der Waals surface area contributed by atoms with Gasteiger partial charge in [0.15, 0.2) is 0 Å². The first-order valence-corrected chi connectivity index (χ1v) is 7.12. The molecule has 1 amide bonds. The van der Waals surface area contributed by atoms with Crippen LogP contribution >= 0.6 is 0 Å². The number of primary amides is 1. The molecule has 0 radical (unpaired) electrons. The van der Waals surface area contributed by atoms with Gasteiger partial charge in [-0.2, -0.15) is 0 Å². The summed E-state index contributed by atoms with van der Waals surface area (Å²) in [5.74, 6) is 0.790. The van der Waals surface area contributed by atoms with Crippen molar-refractivity contribution in [1.82, 2.24) is 15.1 Å². The molecule has 1 aromatic heterocycles. The topological polar surface area (TPSA) is 85.3 Å². The van der Waals surface area contributed by atoms with Gasteiger partial charge in [0.1, 0.15) is 0 Å². The van der Waals surface area contributed by atoms with Crippen molar-refractivity contribution in [3.05, 3.63) is 36.2 Å². The molecule has 1 aliphatic heterocycles. The van der Waals surface area contributed by atoms with E-state index in [1.165, 1.54) is 0 Å². The highest BCUT2D eigenvalue weighted by Crippen LogP contribution is 2.20. The van der Waals surface area contributed by atoms with Crippen LogP contribution in [0.15, 0.2) is 34.7 Å². The Morgan fingerprint density at radius 3 is 2.90 bits per heavy atom. The zero-order valence-corrected chi connectivity index (χ0v) is 11.7. The average molecular weight is 286 g/mol. The first-order valence-electron chi connectivity index (χ1n) is 7.12. The molecule has 6 heteroatoms. The number of amides is 1. The van der Waals surface area contributed by atoms with Gasteiger partial charge in [0.05, 0.1) is 12.5 Å². The van der Waals surface area contributed by atoms with Gasteiger partial charge in [0.2, 0.25) is 17.7 Å². The summed E-state index contributed by atoms with van der Waals surface area (Å²) in [6.07, 6.45) is 1.83. The zero-order valence-electron chi connectivity index (χ0n) is 11.7. The Morgan fingerprint density at radius 2 is 2.14 bits per heavy atom. The largest absolute Gasteiger partial charge is 0.419 e. The van der Waals surface area contributed by atoms with Crippen LogP contribution < -0.4 is 5.73 Å². The Balaban J connectivity index is 1.66. The minimum atomic E-state index is -0.227. The lowest BCUT2D eigenvalue weighted by Crippen LogP contribution is -2.40. The highest BCUT2D eigenvalue weighted by atomic mass is 16.4. The molecule has 2 aromatic rings. The summed E-state index contributed by atoms with van der Waals surface area (Å²) in [5.41, 5.74) is 6.29. The van der Waals surface area contributed by atoms with Gasteiger partial charge in [-0.3, -0.25) is 9.69 Å². The Labute approximate surface area is 123 Å². The summed E-state index contributed by atoms with van der Waals surface area (Å²) in [4.78, 5) is 13.4. The maximum atomic E-state index is 11.3. The van der Waals surface area contributed by atoms with Gasteiger partial charge < -0.3 is 10.2 Å². The van der Waals surface area contributed by atoms with E-state index in [-0.39, 0.29) is 11.8 Å². The number of carbonyl (C=O) groups excluding carboxylic acids is 1. The fourth-order valence-electron chi connectivity index (χ4n) is 2.64. The highest BCUT2D eigenvalue weighted by molar-refractivity contribution is 5.76. The molecule has 2 N–H and O–H groups in total.